The van der Waals surface area contributed by atoms with E-state index in [1.54, 1.807) is 37.3 Å². The van der Waals surface area contributed by atoms with E-state index < -0.39 is 23.9 Å². The smallest absolute Gasteiger partial charge is 0.332 e. The highest BCUT2D eigenvalue weighted by molar-refractivity contribution is 6.16. The molecule has 0 radical (unpaired) electrons. The fraction of sp³-hybridized carbons (Fsp3) is 0.318. The number of methoxy groups -OCH3 is 1. The minimum Gasteiger partial charge on any atom is -0.493 e. The molecule has 1 aliphatic rings. The van der Waals surface area contributed by atoms with Crippen molar-refractivity contribution in [2.45, 2.75) is 26.8 Å². The molecule has 2 aromatic rings. The Morgan fingerprint density at radius 2 is 1.80 bits per heavy atom. The Morgan fingerprint density at radius 3 is 2.43 bits per heavy atom. The van der Waals surface area contributed by atoms with E-state index in [-0.39, 0.29) is 6.54 Å². The van der Waals surface area contributed by atoms with Crippen molar-refractivity contribution in [1.82, 2.24) is 4.90 Å². The first-order valence-electron chi connectivity index (χ1n) is 9.67. The number of amides is 4. The first kappa shape index (κ1) is 21.2. The number of imide groups is 1. The third-order valence-electron chi connectivity index (χ3n) is 4.81. The van der Waals surface area contributed by atoms with Crippen LogP contribution in [-0.2, 0) is 9.59 Å². The van der Waals surface area contributed by atoms with Gasteiger partial charge in [-0.15, -0.1) is 0 Å². The third-order valence-corrected chi connectivity index (χ3v) is 4.81. The van der Waals surface area contributed by atoms with Gasteiger partial charge in [0, 0.05) is 17.4 Å². The number of hydrogen-bond donors (Lipinski definition) is 1. The van der Waals surface area contributed by atoms with E-state index in [0.717, 1.165) is 10.5 Å². The number of ether oxygens (including phenoxy) is 2. The summed E-state index contributed by atoms with van der Waals surface area (Å²) in [5, 5.41) is 2.69. The highest BCUT2D eigenvalue weighted by Crippen LogP contribution is 2.30. The minimum atomic E-state index is -0.682. The van der Waals surface area contributed by atoms with Crippen LogP contribution in [0.5, 0.6) is 11.5 Å². The number of carbonyl (C=O) groups is 3. The molecule has 1 heterocycles. The van der Waals surface area contributed by atoms with Gasteiger partial charge >= 0.3 is 6.03 Å². The molecule has 0 spiro atoms. The van der Waals surface area contributed by atoms with E-state index in [4.69, 9.17) is 9.47 Å². The normalized spacial score (nSPS) is 16.1. The molecule has 0 aliphatic carbocycles. The summed E-state index contributed by atoms with van der Waals surface area (Å²) in [6, 6.07) is 11.1. The van der Waals surface area contributed by atoms with Crippen molar-refractivity contribution in [2.75, 3.05) is 30.5 Å². The molecule has 2 aromatic carbocycles. The number of hydrogen-bond acceptors (Lipinski definition) is 5. The lowest BCUT2D eigenvalue weighted by molar-refractivity contribution is -0.130. The molecule has 4 amide bonds. The van der Waals surface area contributed by atoms with Crippen molar-refractivity contribution in [1.29, 1.82) is 0 Å². The van der Waals surface area contributed by atoms with Crippen LogP contribution >= 0.6 is 0 Å². The van der Waals surface area contributed by atoms with Crippen LogP contribution in [0.1, 0.15) is 19.4 Å². The standard InChI is InChI=1S/C22H25N3O5/c1-5-30-18-11-8-16(12-19(18)29-4)23-20(26)13-24-21(27)15(3)25(22(24)28)17-9-6-14(2)7-10-17/h6-12,15H,5,13H2,1-4H3,(H,23,26). The molecule has 1 saturated heterocycles. The highest BCUT2D eigenvalue weighted by atomic mass is 16.5. The number of nitrogens with zero attached hydrogens (tertiary/aromatic N) is 2. The maximum atomic E-state index is 12.8. The monoisotopic (exact) mass is 411 g/mol. The van der Waals surface area contributed by atoms with Gasteiger partial charge in [0.15, 0.2) is 11.5 Å². The lowest BCUT2D eigenvalue weighted by Crippen LogP contribution is -2.39. The van der Waals surface area contributed by atoms with Crippen molar-refractivity contribution in [3.63, 3.8) is 0 Å². The number of nitrogens with one attached hydrogen (secondary N) is 1. The minimum absolute atomic E-state index is 0.375. The Morgan fingerprint density at radius 1 is 1.10 bits per heavy atom. The van der Waals surface area contributed by atoms with Gasteiger partial charge in [-0.25, -0.2) is 4.79 Å². The van der Waals surface area contributed by atoms with Crippen LogP contribution in [0.15, 0.2) is 42.5 Å². The van der Waals surface area contributed by atoms with E-state index in [2.05, 4.69) is 5.32 Å². The number of urea groups is 1. The zero-order valence-electron chi connectivity index (χ0n) is 17.5. The summed E-state index contributed by atoms with van der Waals surface area (Å²) in [6.45, 7) is 5.56. The van der Waals surface area contributed by atoms with Gasteiger partial charge in [-0.05, 0) is 45.0 Å². The van der Waals surface area contributed by atoms with E-state index in [1.807, 2.05) is 26.0 Å². The predicted octanol–water partition coefficient (Wildman–Crippen LogP) is 3.20. The Kier molecular flexibility index (Phi) is 6.25. The Balaban J connectivity index is 1.71. The quantitative estimate of drug-likeness (QED) is 0.707. The average molecular weight is 411 g/mol. The largest absolute Gasteiger partial charge is 0.493 e. The predicted molar refractivity (Wildman–Crippen MR) is 113 cm³/mol. The van der Waals surface area contributed by atoms with Crippen molar-refractivity contribution in [2.24, 2.45) is 0 Å². The van der Waals surface area contributed by atoms with Gasteiger partial charge < -0.3 is 14.8 Å². The molecule has 0 aromatic heterocycles. The van der Waals surface area contributed by atoms with Gasteiger partial charge in [-0.3, -0.25) is 19.4 Å². The summed E-state index contributed by atoms with van der Waals surface area (Å²) in [5.74, 6) is 0.133. The molecule has 1 fully saturated rings. The van der Waals surface area contributed by atoms with Crippen molar-refractivity contribution < 1.29 is 23.9 Å². The maximum Gasteiger partial charge on any atom is 0.332 e. The second-order valence-electron chi connectivity index (χ2n) is 6.94. The second kappa shape index (κ2) is 8.86. The Bertz CT molecular complexity index is 958. The number of aryl methyl sites for hydroxylation is 1. The van der Waals surface area contributed by atoms with Crippen LogP contribution in [0, 0.1) is 6.92 Å². The molecule has 3 rings (SSSR count). The molecule has 1 atom stereocenters. The van der Waals surface area contributed by atoms with Crippen LogP contribution in [-0.4, -0.2) is 49.0 Å². The van der Waals surface area contributed by atoms with Crippen LogP contribution in [0.3, 0.4) is 0 Å². The zero-order chi connectivity index (χ0) is 21.8. The van der Waals surface area contributed by atoms with Gasteiger partial charge in [-0.2, -0.15) is 0 Å². The number of benzene rings is 2. The molecule has 1 unspecified atom stereocenters. The highest BCUT2D eigenvalue weighted by Gasteiger charge is 2.44. The summed E-state index contributed by atoms with van der Waals surface area (Å²) in [5.41, 5.74) is 2.14. The topological polar surface area (TPSA) is 88.2 Å². The maximum absolute atomic E-state index is 12.8. The third kappa shape index (κ3) is 4.22. The Hall–Kier alpha value is -3.55. The van der Waals surface area contributed by atoms with Crippen LogP contribution in [0.25, 0.3) is 0 Å². The van der Waals surface area contributed by atoms with Crippen LogP contribution < -0.4 is 19.7 Å². The lowest BCUT2D eigenvalue weighted by Gasteiger charge is -2.19. The van der Waals surface area contributed by atoms with Crippen LogP contribution in [0.4, 0.5) is 16.2 Å². The molecular weight excluding hydrogens is 386 g/mol. The molecule has 1 N–H and O–H groups in total. The van der Waals surface area contributed by atoms with Gasteiger partial charge in [0.1, 0.15) is 12.6 Å². The first-order valence-corrected chi connectivity index (χ1v) is 9.67. The number of anilines is 2. The van der Waals surface area contributed by atoms with Crippen molar-refractivity contribution in [3.05, 3.63) is 48.0 Å². The zero-order valence-corrected chi connectivity index (χ0v) is 17.5. The van der Waals surface area contributed by atoms with E-state index in [0.29, 0.717) is 29.5 Å². The average Bonchev–Trinajstić information content (AvgIpc) is 2.93. The molecular formula is C22H25N3O5. The van der Waals surface area contributed by atoms with E-state index >= 15 is 0 Å². The van der Waals surface area contributed by atoms with Crippen LogP contribution in [0.2, 0.25) is 0 Å². The molecule has 0 saturated carbocycles. The fourth-order valence-corrected chi connectivity index (χ4v) is 3.28. The first-order chi connectivity index (χ1) is 14.3. The Labute approximate surface area is 175 Å². The SMILES string of the molecule is CCOc1ccc(NC(=O)CN2C(=O)C(C)N(c3ccc(C)cc3)C2=O)cc1OC. The summed E-state index contributed by atoms with van der Waals surface area (Å²) >= 11 is 0. The summed E-state index contributed by atoms with van der Waals surface area (Å²) in [4.78, 5) is 40.3. The molecule has 30 heavy (non-hydrogen) atoms. The number of carbonyl (C=O) groups excluding carboxylic acids is 3. The van der Waals surface area contributed by atoms with Gasteiger partial charge in [-0.1, -0.05) is 17.7 Å². The van der Waals surface area contributed by atoms with E-state index in [9.17, 15) is 14.4 Å². The summed E-state index contributed by atoms with van der Waals surface area (Å²) in [7, 11) is 1.51. The molecule has 8 heteroatoms. The lowest BCUT2D eigenvalue weighted by atomic mass is 10.2. The van der Waals surface area contributed by atoms with Gasteiger partial charge in [0.2, 0.25) is 5.91 Å². The van der Waals surface area contributed by atoms with E-state index in [1.165, 1.54) is 12.0 Å². The summed E-state index contributed by atoms with van der Waals surface area (Å²) in [6.07, 6.45) is 0. The molecule has 8 nitrogen and oxygen atoms in total. The molecule has 158 valence electrons. The molecule has 0 bridgehead atoms. The molecule has 1 aliphatic heterocycles. The second-order valence-corrected chi connectivity index (χ2v) is 6.94. The van der Waals surface area contributed by atoms with Crippen molar-refractivity contribution in [3.8, 4) is 11.5 Å². The van der Waals surface area contributed by atoms with Gasteiger partial charge in [0.25, 0.3) is 5.91 Å². The fourth-order valence-electron chi connectivity index (χ4n) is 3.28. The number of rotatable bonds is 7. The van der Waals surface area contributed by atoms with Gasteiger partial charge in [0.05, 0.1) is 13.7 Å². The van der Waals surface area contributed by atoms with Crippen molar-refractivity contribution >= 4 is 29.2 Å². The summed E-state index contributed by atoms with van der Waals surface area (Å²) < 4.78 is 10.7.